The summed E-state index contributed by atoms with van der Waals surface area (Å²) in [6.45, 7) is 1.93. The molecule has 124 valence electrons. The van der Waals surface area contributed by atoms with E-state index in [4.69, 9.17) is 4.74 Å². The number of benzene rings is 2. The summed E-state index contributed by atoms with van der Waals surface area (Å²) in [6.07, 6.45) is 0.949. The first-order chi connectivity index (χ1) is 11.3. The second-order valence-electron chi connectivity index (χ2n) is 5.72. The second-order valence-corrected chi connectivity index (χ2v) is 7.70. The van der Waals surface area contributed by atoms with Crippen molar-refractivity contribution < 1.29 is 22.3 Å². The Kier molecular flexibility index (Phi) is 4.01. The number of cyclic esters (lactones) is 1. The highest BCUT2D eigenvalue weighted by atomic mass is 32.2. The van der Waals surface area contributed by atoms with Crippen molar-refractivity contribution in [2.75, 3.05) is 12.9 Å². The first kappa shape index (κ1) is 16.4. The smallest absolute Gasteiger partial charge is 0.339 e. The van der Waals surface area contributed by atoms with Crippen molar-refractivity contribution in [1.82, 2.24) is 0 Å². The lowest BCUT2D eigenvalue weighted by Crippen LogP contribution is -2.02. The van der Waals surface area contributed by atoms with E-state index in [9.17, 15) is 17.6 Å². The predicted molar refractivity (Wildman–Crippen MR) is 88.5 cm³/mol. The molecule has 0 bridgehead atoms. The van der Waals surface area contributed by atoms with Crippen LogP contribution in [0.5, 0.6) is 0 Å². The molecular formula is C18H15FO4S. The first-order valence-electron chi connectivity index (χ1n) is 7.24. The number of carbonyl (C=O) groups excluding carboxylic acids is 1. The minimum atomic E-state index is -3.65. The maximum atomic E-state index is 14.2. The van der Waals surface area contributed by atoms with E-state index in [1.54, 1.807) is 6.07 Å². The molecule has 3 rings (SSSR count). The Hall–Kier alpha value is -2.47. The second kappa shape index (κ2) is 5.87. The summed E-state index contributed by atoms with van der Waals surface area (Å²) in [7, 11) is -3.65. The fourth-order valence-corrected chi connectivity index (χ4v) is 3.44. The van der Waals surface area contributed by atoms with Crippen molar-refractivity contribution in [2.24, 2.45) is 0 Å². The fourth-order valence-electron chi connectivity index (χ4n) is 2.71. The summed E-state index contributed by atoms with van der Waals surface area (Å²) in [4.78, 5) is 11.7. The minimum absolute atomic E-state index is 0.0275. The van der Waals surface area contributed by atoms with Crippen LogP contribution < -0.4 is 0 Å². The zero-order chi connectivity index (χ0) is 17.5. The summed E-state index contributed by atoms with van der Waals surface area (Å²) in [5, 5.41) is 0. The number of hydrogen-bond donors (Lipinski definition) is 0. The molecule has 0 aromatic heterocycles. The van der Waals surface area contributed by atoms with Gasteiger partial charge in [0.25, 0.3) is 0 Å². The molecule has 0 N–H and O–H groups in total. The summed E-state index contributed by atoms with van der Waals surface area (Å²) < 4.78 is 42.3. The summed E-state index contributed by atoms with van der Waals surface area (Å²) in [5.41, 5.74) is 3.04. The van der Waals surface area contributed by atoms with Gasteiger partial charge in [0.2, 0.25) is 0 Å². The molecule has 0 spiro atoms. The molecule has 2 aromatic carbocycles. The Morgan fingerprint density at radius 1 is 1.08 bits per heavy atom. The van der Waals surface area contributed by atoms with Gasteiger partial charge < -0.3 is 4.74 Å². The van der Waals surface area contributed by atoms with Crippen molar-refractivity contribution >= 4 is 27.0 Å². The predicted octanol–water partition coefficient (Wildman–Crippen LogP) is 3.01. The molecule has 0 atom stereocenters. The van der Waals surface area contributed by atoms with Gasteiger partial charge in [0, 0.05) is 11.8 Å². The Labute approximate surface area is 139 Å². The van der Waals surface area contributed by atoms with Gasteiger partial charge in [-0.05, 0) is 30.2 Å². The lowest BCUT2D eigenvalue weighted by molar-refractivity contribution is -0.133. The maximum absolute atomic E-state index is 14.2. The van der Waals surface area contributed by atoms with Crippen LogP contribution in [0.25, 0.3) is 11.1 Å². The van der Waals surface area contributed by atoms with E-state index < -0.39 is 21.6 Å². The molecule has 0 amide bonds. The van der Waals surface area contributed by atoms with Crippen LogP contribution in [0.15, 0.2) is 47.4 Å². The van der Waals surface area contributed by atoms with Crippen molar-refractivity contribution in [3.8, 4) is 0 Å². The molecule has 0 fully saturated rings. The molecule has 0 aliphatic carbocycles. The summed E-state index contributed by atoms with van der Waals surface area (Å²) >= 11 is 0. The van der Waals surface area contributed by atoms with E-state index in [-0.39, 0.29) is 11.5 Å². The quantitative estimate of drug-likeness (QED) is 0.802. The van der Waals surface area contributed by atoms with Crippen LogP contribution in [0.3, 0.4) is 0 Å². The molecule has 0 saturated carbocycles. The number of sulfone groups is 1. The molecule has 0 saturated heterocycles. The topological polar surface area (TPSA) is 60.4 Å². The monoisotopic (exact) mass is 346 g/mol. The van der Waals surface area contributed by atoms with E-state index in [1.807, 2.05) is 25.1 Å². The van der Waals surface area contributed by atoms with Gasteiger partial charge in [-0.15, -0.1) is 0 Å². The van der Waals surface area contributed by atoms with Gasteiger partial charge in [-0.3, -0.25) is 0 Å². The lowest BCUT2D eigenvalue weighted by atomic mass is 9.96. The van der Waals surface area contributed by atoms with Gasteiger partial charge in [-0.1, -0.05) is 35.9 Å². The van der Waals surface area contributed by atoms with E-state index in [0.717, 1.165) is 17.9 Å². The zero-order valence-electron chi connectivity index (χ0n) is 13.2. The number of aryl methyl sites for hydroxylation is 1. The highest BCUT2D eigenvalue weighted by molar-refractivity contribution is 7.90. The van der Waals surface area contributed by atoms with Gasteiger partial charge in [0.15, 0.2) is 9.84 Å². The fraction of sp³-hybridized carbons (Fsp3) is 0.167. The summed E-state index contributed by atoms with van der Waals surface area (Å²) in [5.74, 6) is -1.31. The molecule has 0 radical (unpaired) electrons. The minimum Gasteiger partial charge on any atom is -0.457 e. The van der Waals surface area contributed by atoms with Crippen LogP contribution in [0, 0.1) is 12.7 Å². The summed E-state index contributed by atoms with van der Waals surface area (Å²) in [6, 6.07) is 11.2. The van der Waals surface area contributed by atoms with E-state index >= 15 is 0 Å². The highest BCUT2D eigenvalue weighted by Gasteiger charge is 2.28. The van der Waals surface area contributed by atoms with Crippen LogP contribution in [-0.4, -0.2) is 27.2 Å². The third kappa shape index (κ3) is 2.97. The van der Waals surface area contributed by atoms with Gasteiger partial charge in [0.1, 0.15) is 17.3 Å². The molecule has 2 aromatic rings. The van der Waals surface area contributed by atoms with E-state index in [0.29, 0.717) is 22.3 Å². The zero-order valence-corrected chi connectivity index (χ0v) is 14.0. The van der Waals surface area contributed by atoms with Gasteiger partial charge in [0.05, 0.1) is 5.57 Å². The number of hydrogen-bond acceptors (Lipinski definition) is 4. The van der Waals surface area contributed by atoms with Crippen LogP contribution in [-0.2, 0) is 19.4 Å². The molecule has 1 aliphatic heterocycles. The normalized spacial score (nSPS) is 14.9. The highest BCUT2D eigenvalue weighted by Crippen LogP contribution is 2.34. The number of rotatable bonds is 3. The Balaban J connectivity index is 2.16. The van der Waals surface area contributed by atoms with Crippen LogP contribution >= 0.6 is 0 Å². The molecule has 1 aliphatic rings. The number of halogens is 1. The van der Waals surface area contributed by atoms with Crippen LogP contribution in [0.2, 0.25) is 0 Å². The molecule has 4 nitrogen and oxygen atoms in total. The molecule has 24 heavy (non-hydrogen) atoms. The molecule has 6 heteroatoms. The van der Waals surface area contributed by atoms with Gasteiger partial charge in [-0.25, -0.2) is 17.6 Å². The number of ether oxygens (including phenoxy) is 1. The van der Waals surface area contributed by atoms with Crippen LogP contribution in [0.4, 0.5) is 4.39 Å². The Morgan fingerprint density at radius 2 is 1.83 bits per heavy atom. The number of carbonyl (C=O) groups is 1. The van der Waals surface area contributed by atoms with Crippen molar-refractivity contribution in [2.45, 2.75) is 11.8 Å². The Bertz CT molecular complexity index is 974. The van der Waals surface area contributed by atoms with Crippen LogP contribution in [0.1, 0.15) is 16.7 Å². The van der Waals surface area contributed by atoms with Gasteiger partial charge >= 0.3 is 5.97 Å². The van der Waals surface area contributed by atoms with Gasteiger partial charge in [-0.2, -0.15) is 0 Å². The van der Waals surface area contributed by atoms with E-state index in [1.165, 1.54) is 12.1 Å². The van der Waals surface area contributed by atoms with Crippen molar-refractivity contribution in [3.63, 3.8) is 0 Å². The number of esters is 1. The SMILES string of the molecule is Cc1cccc(C2=C(c3ccc(S(C)(=O)=O)c(F)c3)COC2=O)c1. The average molecular weight is 346 g/mol. The first-order valence-corrected chi connectivity index (χ1v) is 9.14. The largest absolute Gasteiger partial charge is 0.457 e. The molecule has 0 unspecified atom stereocenters. The Morgan fingerprint density at radius 3 is 2.46 bits per heavy atom. The van der Waals surface area contributed by atoms with Crippen molar-refractivity contribution in [1.29, 1.82) is 0 Å². The average Bonchev–Trinajstić information content (AvgIpc) is 2.87. The maximum Gasteiger partial charge on any atom is 0.339 e. The van der Waals surface area contributed by atoms with E-state index in [2.05, 4.69) is 0 Å². The van der Waals surface area contributed by atoms with Crippen molar-refractivity contribution in [3.05, 3.63) is 65.0 Å². The molecular weight excluding hydrogens is 331 g/mol. The third-order valence-electron chi connectivity index (χ3n) is 3.84. The standard InChI is InChI=1S/C18H15FO4S/c1-11-4-3-5-13(8-11)17-14(10-23-18(17)20)12-6-7-16(15(19)9-12)24(2,21)22/h3-9H,10H2,1-2H3. The lowest BCUT2D eigenvalue weighted by Gasteiger charge is -2.07. The molecule has 1 heterocycles. The third-order valence-corrected chi connectivity index (χ3v) is 4.97.